The fraction of sp³-hybridized carbons (Fsp3) is 0.278. The van der Waals surface area contributed by atoms with Gasteiger partial charge in [-0.3, -0.25) is 9.52 Å². The number of benzene rings is 2. The Morgan fingerprint density at radius 2 is 1.89 bits per heavy atom. The highest BCUT2D eigenvalue weighted by atomic mass is 32.2. The second-order valence-electron chi connectivity index (χ2n) is 6.21. The summed E-state index contributed by atoms with van der Waals surface area (Å²) in [6.45, 7) is 3.71. The molecule has 0 aromatic heterocycles. The quantitative estimate of drug-likeness (QED) is 0.762. The molecular weight excluding hydrogens is 404 g/mol. The van der Waals surface area contributed by atoms with Gasteiger partial charge in [-0.15, -0.1) is 0 Å². The summed E-state index contributed by atoms with van der Waals surface area (Å²) < 4.78 is 58.5. The number of carbonyl (C=O) groups is 1. The highest BCUT2D eigenvalue weighted by Crippen LogP contribution is 2.31. The molecule has 3 rings (SSSR count). The van der Waals surface area contributed by atoms with E-state index in [0.717, 1.165) is 4.31 Å². The Bertz CT molecular complexity index is 1130. The monoisotopic (exact) mass is 424 g/mol. The van der Waals surface area contributed by atoms with Crippen molar-refractivity contribution in [3.05, 3.63) is 48.0 Å². The van der Waals surface area contributed by atoms with Crippen molar-refractivity contribution in [2.45, 2.75) is 25.2 Å². The van der Waals surface area contributed by atoms with E-state index in [0.29, 0.717) is 23.6 Å². The van der Waals surface area contributed by atoms with Crippen molar-refractivity contribution < 1.29 is 26.4 Å². The SMILES string of the molecule is CCOc1ccccc1NS(=O)(=O)c1ccc(N2C(=O)CCS2(=O)=O)cc1C. The molecule has 10 heteroatoms. The van der Waals surface area contributed by atoms with E-state index in [1.807, 2.05) is 0 Å². The zero-order chi connectivity index (χ0) is 20.5. The lowest BCUT2D eigenvalue weighted by atomic mass is 10.2. The molecule has 1 fully saturated rings. The average Bonchev–Trinajstić information content (AvgIpc) is 2.89. The minimum atomic E-state index is -3.95. The topological polar surface area (TPSA) is 110 Å². The summed E-state index contributed by atoms with van der Waals surface area (Å²) in [4.78, 5) is 11.9. The summed E-state index contributed by atoms with van der Waals surface area (Å²) >= 11 is 0. The fourth-order valence-corrected chi connectivity index (χ4v) is 5.71. The lowest BCUT2D eigenvalue weighted by Crippen LogP contribution is -2.29. The van der Waals surface area contributed by atoms with Crippen LogP contribution in [0.3, 0.4) is 0 Å². The Labute approximate surface area is 164 Å². The Kier molecular flexibility index (Phi) is 5.35. The number of anilines is 2. The fourth-order valence-electron chi connectivity index (χ4n) is 2.96. The van der Waals surface area contributed by atoms with Crippen LogP contribution >= 0.6 is 0 Å². The third-order valence-corrected chi connectivity index (χ3v) is 7.41. The molecule has 0 saturated carbocycles. The van der Waals surface area contributed by atoms with Gasteiger partial charge in [0, 0.05) is 6.42 Å². The van der Waals surface area contributed by atoms with Crippen molar-refractivity contribution in [1.82, 2.24) is 0 Å². The molecule has 0 spiro atoms. The standard InChI is InChI=1S/C18H20N2O6S2/c1-3-26-16-7-5-4-6-15(16)19-28(24,25)17-9-8-14(12-13(17)2)20-18(21)10-11-27(20,22)23/h4-9,12,19H,3,10-11H2,1-2H3. The number of aryl methyl sites for hydroxylation is 1. The summed E-state index contributed by atoms with van der Waals surface area (Å²) in [5.74, 6) is -0.379. The first-order valence-corrected chi connectivity index (χ1v) is 11.7. The molecule has 150 valence electrons. The van der Waals surface area contributed by atoms with Crippen molar-refractivity contribution in [2.75, 3.05) is 21.4 Å². The van der Waals surface area contributed by atoms with Gasteiger partial charge < -0.3 is 4.74 Å². The largest absolute Gasteiger partial charge is 0.492 e. The number of sulfonamides is 2. The zero-order valence-electron chi connectivity index (χ0n) is 15.4. The van der Waals surface area contributed by atoms with Crippen LogP contribution in [0, 0.1) is 6.92 Å². The summed E-state index contributed by atoms with van der Waals surface area (Å²) in [7, 11) is -7.66. The zero-order valence-corrected chi connectivity index (χ0v) is 17.0. The highest BCUT2D eigenvalue weighted by molar-refractivity contribution is 7.94. The van der Waals surface area contributed by atoms with Crippen molar-refractivity contribution in [3.8, 4) is 5.75 Å². The van der Waals surface area contributed by atoms with Gasteiger partial charge in [0.25, 0.3) is 10.0 Å². The number of nitrogens with zero attached hydrogens (tertiary/aromatic N) is 1. The number of hydrogen-bond donors (Lipinski definition) is 1. The molecule has 0 unspecified atom stereocenters. The van der Waals surface area contributed by atoms with Crippen LogP contribution in [0.25, 0.3) is 0 Å². The Balaban J connectivity index is 1.95. The average molecular weight is 425 g/mol. The second-order valence-corrected chi connectivity index (χ2v) is 9.80. The van der Waals surface area contributed by atoms with Crippen molar-refractivity contribution in [2.24, 2.45) is 0 Å². The van der Waals surface area contributed by atoms with Crippen molar-refractivity contribution in [1.29, 1.82) is 0 Å². The number of rotatable bonds is 6. The van der Waals surface area contributed by atoms with E-state index in [9.17, 15) is 21.6 Å². The third-order valence-electron chi connectivity index (χ3n) is 4.19. The van der Waals surface area contributed by atoms with Gasteiger partial charge >= 0.3 is 0 Å². The molecule has 1 saturated heterocycles. The van der Waals surface area contributed by atoms with Gasteiger partial charge in [-0.05, 0) is 49.7 Å². The van der Waals surface area contributed by atoms with Crippen LogP contribution in [0.2, 0.25) is 0 Å². The summed E-state index contributed by atoms with van der Waals surface area (Å²) in [5, 5.41) is 0. The van der Waals surface area contributed by atoms with Crippen LogP contribution in [0.4, 0.5) is 11.4 Å². The van der Waals surface area contributed by atoms with Crippen molar-refractivity contribution >= 4 is 37.3 Å². The summed E-state index contributed by atoms with van der Waals surface area (Å²) in [6.07, 6.45) is -0.0861. The molecule has 1 heterocycles. The molecule has 1 N–H and O–H groups in total. The lowest BCUT2D eigenvalue weighted by Gasteiger charge is -2.18. The molecule has 0 atom stereocenters. The maximum absolute atomic E-state index is 12.8. The van der Waals surface area contributed by atoms with Crippen LogP contribution < -0.4 is 13.8 Å². The smallest absolute Gasteiger partial charge is 0.262 e. The van der Waals surface area contributed by atoms with Gasteiger partial charge in [0.15, 0.2) is 0 Å². The molecule has 8 nitrogen and oxygen atoms in total. The van der Waals surface area contributed by atoms with Gasteiger partial charge in [0.1, 0.15) is 5.75 Å². The maximum atomic E-state index is 12.8. The first-order valence-electron chi connectivity index (χ1n) is 8.57. The van der Waals surface area contributed by atoms with E-state index in [1.165, 1.54) is 18.2 Å². The van der Waals surface area contributed by atoms with E-state index in [1.54, 1.807) is 38.1 Å². The number of nitrogens with one attached hydrogen (secondary N) is 1. The van der Waals surface area contributed by atoms with Gasteiger partial charge in [0.2, 0.25) is 15.9 Å². The number of amides is 1. The Morgan fingerprint density at radius 3 is 2.50 bits per heavy atom. The number of ether oxygens (including phenoxy) is 1. The minimum absolute atomic E-state index is 0.0217. The first-order chi connectivity index (χ1) is 13.2. The van der Waals surface area contributed by atoms with Gasteiger partial charge in [0.05, 0.1) is 28.6 Å². The van der Waals surface area contributed by atoms with Crippen LogP contribution in [-0.4, -0.2) is 35.1 Å². The van der Waals surface area contributed by atoms with E-state index >= 15 is 0 Å². The second kappa shape index (κ2) is 7.44. The third kappa shape index (κ3) is 3.83. The Hall–Kier alpha value is -2.59. The molecule has 0 aliphatic carbocycles. The molecule has 28 heavy (non-hydrogen) atoms. The highest BCUT2D eigenvalue weighted by Gasteiger charge is 2.36. The van der Waals surface area contributed by atoms with E-state index in [-0.39, 0.29) is 22.8 Å². The van der Waals surface area contributed by atoms with E-state index in [4.69, 9.17) is 4.74 Å². The number of carbonyl (C=O) groups excluding carboxylic acids is 1. The molecule has 2 aromatic rings. The molecule has 0 radical (unpaired) electrons. The minimum Gasteiger partial charge on any atom is -0.492 e. The molecule has 1 aliphatic heterocycles. The number of hydrogen-bond acceptors (Lipinski definition) is 6. The van der Waals surface area contributed by atoms with Gasteiger partial charge in [-0.25, -0.2) is 21.1 Å². The molecule has 2 aromatic carbocycles. The predicted molar refractivity (Wildman–Crippen MR) is 105 cm³/mol. The normalized spacial score (nSPS) is 16.2. The summed E-state index contributed by atoms with van der Waals surface area (Å²) in [5.41, 5.74) is 0.743. The van der Waals surface area contributed by atoms with Crippen LogP contribution in [0.15, 0.2) is 47.4 Å². The summed E-state index contributed by atoms with van der Waals surface area (Å²) in [6, 6.07) is 10.6. The predicted octanol–water partition coefficient (Wildman–Crippen LogP) is 2.26. The maximum Gasteiger partial charge on any atom is 0.262 e. The molecular formula is C18H20N2O6S2. The van der Waals surface area contributed by atoms with Gasteiger partial charge in [-0.2, -0.15) is 0 Å². The van der Waals surface area contributed by atoms with E-state index < -0.39 is 26.0 Å². The van der Waals surface area contributed by atoms with Crippen LogP contribution in [0.1, 0.15) is 18.9 Å². The first kappa shape index (κ1) is 20.2. The van der Waals surface area contributed by atoms with Gasteiger partial charge in [-0.1, -0.05) is 12.1 Å². The van der Waals surface area contributed by atoms with Crippen molar-refractivity contribution in [3.63, 3.8) is 0 Å². The molecule has 1 aliphatic rings. The Morgan fingerprint density at radius 1 is 1.18 bits per heavy atom. The number of para-hydroxylation sites is 2. The van der Waals surface area contributed by atoms with Crippen LogP contribution in [0.5, 0.6) is 5.75 Å². The lowest BCUT2D eigenvalue weighted by molar-refractivity contribution is -0.116. The van der Waals surface area contributed by atoms with Crippen LogP contribution in [-0.2, 0) is 24.8 Å². The van der Waals surface area contributed by atoms with E-state index in [2.05, 4.69) is 4.72 Å². The molecule has 0 bridgehead atoms. The molecule has 1 amide bonds.